The van der Waals surface area contributed by atoms with Crippen molar-refractivity contribution in [2.45, 2.75) is 37.6 Å². The summed E-state index contributed by atoms with van der Waals surface area (Å²) in [5.74, 6) is -1.18. The van der Waals surface area contributed by atoms with Crippen LogP contribution in [0.2, 0.25) is 0 Å². The molecule has 0 radical (unpaired) electrons. The van der Waals surface area contributed by atoms with Crippen molar-refractivity contribution in [3.8, 4) is 0 Å². The first-order valence-corrected chi connectivity index (χ1v) is 6.59. The number of aliphatic carboxylic acids is 1. The fourth-order valence-corrected chi connectivity index (χ4v) is 2.87. The zero-order chi connectivity index (χ0) is 13.2. The van der Waals surface area contributed by atoms with Crippen molar-refractivity contribution in [1.29, 1.82) is 0 Å². The van der Waals surface area contributed by atoms with E-state index in [2.05, 4.69) is 21.2 Å². The first-order valence-electron chi connectivity index (χ1n) is 5.80. The summed E-state index contributed by atoms with van der Waals surface area (Å²) in [6, 6.07) is 1.56. The summed E-state index contributed by atoms with van der Waals surface area (Å²) in [4.78, 5) is 23.0. The van der Waals surface area contributed by atoms with E-state index in [0.29, 0.717) is 23.1 Å². The predicted octanol–water partition coefficient (Wildman–Crippen LogP) is 2.56. The maximum atomic E-state index is 12.1. The van der Waals surface area contributed by atoms with E-state index < -0.39 is 11.5 Å². The minimum Gasteiger partial charge on any atom is -0.481 e. The van der Waals surface area contributed by atoms with E-state index in [1.807, 2.05) is 0 Å². The number of furan rings is 1. The number of amides is 1. The lowest BCUT2D eigenvalue weighted by molar-refractivity contribution is -0.138. The fraction of sp³-hybridized carbons (Fsp3) is 0.500. The Hall–Kier alpha value is -1.30. The van der Waals surface area contributed by atoms with Gasteiger partial charge in [-0.2, -0.15) is 0 Å². The number of rotatable bonds is 4. The van der Waals surface area contributed by atoms with Gasteiger partial charge in [-0.25, -0.2) is 0 Å². The summed E-state index contributed by atoms with van der Waals surface area (Å²) in [6.45, 7) is 0. The molecular weight excluding hydrogens is 302 g/mol. The van der Waals surface area contributed by atoms with Crippen molar-refractivity contribution in [2.75, 3.05) is 0 Å². The average Bonchev–Trinajstić information content (AvgIpc) is 2.86. The third-order valence-corrected chi connectivity index (χ3v) is 3.91. The van der Waals surface area contributed by atoms with Crippen molar-refractivity contribution in [3.05, 3.63) is 22.6 Å². The molecule has 1 aliphatic carbocycles. The van der Waals surface area contributed by atoms with Gasteiger partial charge in [-0.3, -0.25) is 9.59 Å². The molecule has 1 aromatic heterocycles. The molecule has 0 aromatic carbocycles. The topological polar surface area (TPSA) is 79.5 Å². The minimum absolute atomic E-state index is 0.0335. The quantitative estimate of drug-likeness (QED) is 0.895. The lowest BCUT2D eigenvalue weighted by Crippen LogP contribution is -2.47. The molecule has 0 atom stereocenters. The van der Waals surface area contributed by atoms with Gasteiger partial charge in [0.15, 0.2) is 4.67 Å². The summed E-state index contributed by atoms with van der Waals surface area (Å²) in [7, 11) is 0. The van der Waals surface area contributed by atoms with Crippen LogP contribution >= 0.6 is 15.9 Å². The molecule has 1 saturated carbocycles. The van der Waals surface area contributed by atoms with Gasteiger partial charge in [0.05, 0.1) is 23.8 Å². The summed E-state index contributed by atoms with van der Waals surface area (Å²) in [5, 5.41) is 11.8. The summed E-state index contributed by atoms with van der Waals surface area (Å²) >= 11 is 3.14. The van der Waals surface area contributed by atoms with Gasteiger partial charge < -0.3 is 14.8 Å². The molecule has 6 heteroatoms. The molecule has 1 amide bonds. The molecular formula is C12H14BrNO4. The number of carbonyl (C=O) groups excluding carboxylic acids is 1. The molecule has 0 unspecified atom stereocenters. The van der Waals surface area contributed by atoms with Crippen LogP contribution < -0.4 is 5.32 Å². The maximum Gasteiger partial charge on any atom is 0.305 e. The Morgan fingerprint density at radius 2 is 2.11 bits per heavy atom. The third kappa shape index (κ3) is 2.75. The molecule has 5 nitrogen and oxygen atoms in total. The Balaban J connectivity index is 2.12. The number of hydrogen-bond acceptors (Lipinski definition) is 3. The maximum absolute atomic E-state index is 12.1. The van der Waals surface area contributed by atoms with Crippen LogP contribution in [0, 0.1) is 0 Å². The SMILES string of the molecule is O=C(O)CC1(NC(=O)c2ccoc2Br)CCCC1. The second kappa shape index (κ2) is 5.14. The van der Waals surface area contributed by atoms with Gasteiger partial charge >= 0.3 is 5.97 Å². The van der Waals surface area contributed by atoms with Gasteiger partial charge in [0.2, 0.25) is 0 Å². The minimum atomic E-state index is -0.886. The van der Waals surface area contributed by atoms with Gasteiger partial charge in [-0.15, -0.1) is 0 Å². The van der Waals surface area contributed by atoms with Crippen LogP contribution in [0.1, 0.15) is 42.5 Å². The highest BCUT2D eigenvalue weighted by atomic mass is 79.9. The monoisotopic (exact) mass is 315 g/mol. The second-order valence-corrected chi connectivity index (χ2v) is 5.34. The van der Waals surface area contributed by atoms with E-state index in [9.17, 15) is 9.59 Å². The van der Waals surface area contributed by atoms with Gasteiger partial charge in [0.25, 0.3) is 5.91 Å². The standard InChI is InChI=1S/C12H14BrNO4/c13-10-8(3-6-18-10)11(17)14-12(7-9(15)16)4-1-2-5-12/h3,6H,1-2,4-5,7H2,(H,14,17)(H,15,16). The smallest absolute Gasteiger partial charge is 0.305 e. The van der Waals surface area contributed by atoms with Crippen LogP contribution in [0.3, 0.4) is 0 Å². The number of carboxylic acids is 1. The number of carboxylic acid groups (broad SMARTS) is 1. The highest BCUT2D eigenvalue weighted by Crippen LogP contribution is 2.33. The highest BCUT2D eigenvalue weighted by molar-refractivity contribution is 9.10. The van der Waals surface area contributed by atoms with Crippen LogP contribution in [0.5, 0.6) is 0 Å². The first kappa shape index (κ1) is 13.1. The molecule has 1 aliphatic rings. The molecule has 1 heterocycles. The van der Waals surface area contributed by atoms with E-state index >= 15 is 0 Å². The Bertz CT molecular complexity index is 462. The predicted molar refractivity (Wildman–Crippen MR) is 67.3 cm³/mol. The van der Waals surface area contributed by atoms with Crippen LogP contribution in [0.25, 0.3) is 0 Å². The number of hydrogen-bond donors (Lipinski definition) is 2. The Morgan fingerprint density at radius 3 is 2.61 bits per heavy atom. The van der Waals surface area contributed by atoms with E-state index in [1.165, 1.54) is 6.26 Å². The largest absolute Gasteiger partial charge is 0.481 e. The van der Waals surface area contributed by atoms with Gasteiger partial charge in [0, 0.05) is 0 Å². The number of nitrogens with one attached hydrogen (secondary N) is 1. The van der Waals surface area contributed by atoms with E-state index in [0.717, 1.165) is 12.8 Å². The van der Waals surface area contributed by atoms with E-state index in [-0.39, 0.29) is 12.3 Å². The van der Waals surface area contributed by atoms with Crippen molar-refractivity contribution < 1.29 is 19.1 Å². The van der Waals surface area contributed by atoms with Crippen LogP contribution in [-0.4, -0.2) is 22.5 Å². The fourth-order valence-electron chi connectivity index (χ4n) is 2.45. The second-order valence-electron chi connectivity index (χ2n) is 4.62. The first-order chi connectivity index (χ1) is 8.52. The number of halogens is 1. The molecule has 1 aromatic rings. The van der Waals surface area contributed by atoms with E-state index in [4.69, 9.17) is 9.52 Å². The molecule has 1 fully saturated rings. The lowest BCUT2D eigenvalue weighted by atomic mass is 9.93. The average molecular weight is 316 g/mol. The molecule has 0 spiro atoms. The van der Waals surface area contributed by atoms with Crippen molar-refractivity contribution in [3.63, 3.8) is 0 Å². The summed E-state index contributed by atoms with van der Waals surface area (Å²) in [6.07, 6.45) is 4.69. The molecule has 18 heavy (non-hydrogen) atoms. The van der Waals surface area contributed by atoms with E-state index in [1.54, 1.807) is 6.07 Å². The Morgan fingerprint density at radius 1 is 1.44 bits per heavy atom. The molecule has 0 aliphatic heterocycles. The lowest BCUT2D eigenvalue weighted by Gasteiger charge is -2.28. The van der Waals surface area contributed by atoms with Crippen molar-refractivity contribution in [1.82, 2.24) is 5.32 Å². The van der Waals surface area contributed by atoms with Crippen LogP contribution in [0.4, 0.5) is 0 Å². The molecule has 2 N–H and O–H groups in total. The van der Waals surface area contributed by atoms with Crippen LogP contribution in [-0.2, 0) is 4.79 Å². The molecule has 2 rings (SSSR count). The number of carbonyl (C=O) groups is 2. The zero-order valence-electron chi connectivity index (χ0n) is 9.74. The Labute approximate surface area is 113 Å². The highest BCUT2D eigenvalue weighted by Gasteiger charge is 2.38. The van der Waals surface area contributed by atoms with Crippen LogP contribution in [0.15, 0.2) is 21.4 Å². The summed E-state index contributed by atoms with van der Waals surface area (Å²) in [5.41, 5.74) is -0.216. The van der Waals surface area contributed by atoms with Crippen molar-refractivity contribution >= 4 is 27.8 Å². The normalized spacial score (nSPS) is 17.6. The Kier molecular flexibility index (Phi) is 3.75. The van der Waals surface area contributed by atoms with Gasteiger partial charge in [0.1, 0.15) is 0 Å². The van der Waals surface area contributed by atoms with Crippen molar-refractivity contribution in [2.24, 2.45) is 0 Å². The molecule has 0 saturated heterocycles. The zero-order valence-corrected chi connectivity index (χ0v) is 11.3. The molecule has 0 bridgehead atoms. The molecule has 98 valence electrons. The third-order valence-electron chi connectivity index (χ3n) is 3.29. The van der Waals surface area contributed by atoms with Gasteiger partial charge in [-0.05, 0) is 34.8 Å². The summed E-state index contributed by atoms with van der Waals surface area (Å²) < 4.78 is 5.37. The van der Waals surface area contributed by atoms with Gasteiger partial charge in [-0.1, -0.05) is 12.8 Å².